The van der Waals surface area contributed by atoms with E-state index >= 15 is 0 Å². The van der Waals surface area contributed by atoms with Crippen molar-refractivity contribution in [2.24, 2.45) is 0 Å². The molecular weight excluding hydrogens is 274 g/mol. The van der Waals surface area contributed by atoms with E-state index in [9.17, 15) is 8.78 Å². The monoisotopic (exact) mass is 292 g/mol. The van der Waals surface area contributed by atoms with Gasteiger partial charge in [-0.3, -0.25) is 0 Å². The van der Waals surface area contributed by atoms with E-state index in [1.807, 2.05) is 0 Å². The van der Waals surface area contributed by atoms with Crippen LogP contribution in [0.2, 0.25) is 23.2 Å². The van der Waals surface area contributed by atoms with Crippen LogP contribution in [-0.4, -0.2) is 8.32 Å². The van der Waals surface area contributed by atoms with Crippen molar-refractivity contribution < 1.29 is 13.2 Å². The van der Waals surface area contributed by atoms with E-state index in [1.165, 1.54) is 6.07 Å². The lowest BCUT2D eigenvalue weighted by Gasteiger charge is -2.36. The SMILES string of the molecule is CC(C)(C)[Si](C)(C)OCc1c(Cl)ccc(F)c1F. The maximum Gasteiger partial charge on any atom is 0.192 e. The number of hydrogen-bond donors (Lipinski definition) is 0. The highest BCUT2D eigenvalue weighted by atomic mass is 35.5. The summed E-state index contributed by atoms with van der Waals surface area (Å²) < 4.78 is 32.6. The quantitative estimate of drug-likeness (QED) is 0.554. The minimum Gasteiger partial charge on any atom is -0.412 e. The van der Waals surface area contributed by atoms with Gasteiger partial charge in [0.15, 0.2) is 20.0 Å². The average Bonchev–Trinajstić information content (AvgIpc) is 2.22. The van der Waals surface area contributed by atoms with Gasteiger partial charge in [-0.2, -0.15) is 0 Å². The zero-order chi connectivity index (χ0) is 14.1. The predicted octanol–water partition coefficient (Wildman–Crippen LogP) is 5.14. The Morgan fingerprint density at radius 3 is 2.28 bits per heavy atom. The van der Waals surface area contributed by atoms with E-state index in [0.717, 1.165) is 6.07 Å². The van der Waals surface area contributed by atoms with E-state index in [-0.39, 0.29) is 22.2 Å². The first kappa shape index (κ1) is 15.6. The molecule has 0 heterocycles. The van der Waals surface area contributed by atoms with Crippen LogP contribution in [0.4, 0.5) is 8.78 Å². The molecule has 0 amide bonds. The molecule has 0 fully saturated rings. The molecule has 0 atom stereocenters. The third-order valence-electron chi connectivity index (χ3n) is 3.52. The van der Waals surface area contributed by atoms with Gasteiger partial charge in [0.25, 0.3) is 0 Å². The summed E-state index contributed by atoms with van der Waals surface area (Å²) in [6.07, 6.45) is 0. The largest absolute Gasteiger partial charge is 0.412 e. The smallest absolute Gasteiger partial charge is 0.192 e. The van der Waals surface area contributed by atoms with Gasteiger partial charge < -0.3 is 4.43 Å². The first-order chi connectivity index (χ1) is 8.06. The van der Waals surface area contributed by atoms with Gasteiger partial charge >= 0.3 is 0 Å². The van der Waals surface area contributed by atoms with Crippen LogP contribution in [-0.2, 0) is 11.0 Å². The highest BCUT2D eigenvalue weighted by molar-refractivity contribution is 6.74. The summed E-state index contributed by atoms with van der Waals surface area (Å²) in [7, 11) is -2.00. The molecule has 5 heteroatoms. The third-order valence-corrected chi connectivity index (χ3v) is 8.35. The summed E-state index contributed by atoms with van der Waals surface area (Å²) in [6, 6.07) is 2.37. The summed E-state index contributed by atoms with van der Waals surface area (Å²) in [4.78, 5) is 0. The van der Waals surface area contributed by atoms with Crippen molar-refractivity contribution in [3.8, 4) is 0 Å². The van der Waals surface area contributed by atoms with Gasteiger partial charge in [-0.15, -0.1) is 0 Å². The lowest BCUT2D eigenvalue weighted by atomic mass is 10.2. The Hall–Kier alpha value is -0.453. The van der Waals surface area contributed by atoms with Crippen molar-refractivity contribution in [3.63, 3.8) is 0 Å². The molecule has 0 spiro atoms. The third kappa shape index (κ3) is 3.31. The molecule has 0 bridgehead atoms. The maximum absolute atomic E-state index is 13.6. The number of rotatable bonds is 3. The van der Waals surface area contributed by atoms with Gasteiger partial charge in [0.05, 0.1) is 6.61 Å². The van der Waals surface area contributed by atoms with E-state index in [4.69, 9.17) is 16.0 Å². The zero-order valence-corrected chi connectivity index (χ0v) is 13.2. The Balaban J connectivity index is 2.91. The highest BCUT2D eigenvalue weighted by Gasteiger charge is 2.37. The van der Waals surface area contributed by atoms with Gasteiger partial charge in [-0.1, -0.05) is 32.4 Å². The molecule has 0 aliphatic heterocycles. The molecule has 0 aliphatic carbocycles. The summed E-state index contributed by atoms with van der Waals surface area (Å²) in [6.45, 7) is 10.4. The highest BCUT2D eigenvalue weighted by Crippen LogP contribution is 2.37. The van der Waals surface area contributed by atoms with E-state index in [0.29, 0.717) is 0 Å². The molecule has 0 saturated carbocycles. The molecule has 1 rings (SSSR count). The average molecular weight is 293 g/mol. The fourth-order valence-electron chi connectivity index (χ4n) is 1.17. The molecule has 0 unspecified atom stereocenters. The minimum atomic E-state index is -2.00. The predicted molar refractivity (Wildman–Crippen MR) is 73.4 cm³/mol. The first-order valence-corrected chi connectivity index (χ1v) is 9.11. The second kappa shape index (κ2) is 5.27. The Kier molecular flexibility index (Phi) is 4.57. The van der Waals surface area contributed by atoms with E-state index < -0.39 is 20.0 Å². The second-order valence-corrected chi connectivity index (χ2v) is 11.1. The van der Waals surface area contributed by atoms with E-state index in [1.54, 1.807) is 0 Å². The molecular formula is C13H19ClF2OSi. The number of halogens is 3. The van der Waals surface area contributed by atoms with Crippen LogP contribution in [0.3, 0.4) is 0 Å². The van der Waals surface area contributed by atoms with Crippen molar-refractivity contribution in [3.05, 3.63) is 34.4 Å². The van der Waals surface area contributed by atoms with E-state index in [2.05, 4.69) is 33.9 Å². The lowest BCUT2D eigenvalue weighted by Crippen LogP contribution is -2.40. The molecule has 1 nitrogen and oxygen atoms in total. The molecule has 1 aromatic rings. The van der Waals surface area contributed by atoms with Crippen LogP contribution in [0.15, 0.2) is 12.1 Å². The van der Waals surface area contributed by atoms with Crippen LogP contribution < -0.4 is 0 Å². The molecule has 0 N–H and O–H groups in total. The molecule has 0 aromatic heterocycles. The Labute approximate surface area is 113 Å². The van der Waals surface area contributed by atoms with Gasteiger partial charge in [0.2, 0.25) is 0 Å². The van der Waals surface area contributed by atoms with Crippen molar-refractivity contribution >= 4 is 19.9 Å². The van der Waals surface area contributed by atoms with Crippen molar-refractivity contribution in [1.29, 1.82) is 0 Å². The standard InChI is InChI=1S/C13H19ClF2OSi/c1-13(2,3)18(4,5)17-8-9-10(14)6-7-11(15)12(9)16/h6-7H,8H2,1-5H3. The lowest BCUT2D eigenvalue weighted by molar-refractivity contribution is 0.269. The van der Waals surface area contributed by atoms with Gasteiger partial charge in [0.1, 0.15) is 0 Å². The molecule has 1 aromatic carbocycles. The van der Waals surface area contributed by atoms with Gasteiger partial charge in [0, 0.05) is 10.6 Å². The number of hydrogen-bond acceptors (Lipinski definition) is 1. The second-order valence-electron chi connectivity index (χ2n) is 5.87. The fourth-order valence-corrected chi connectivity index (χ4v) is 2.31. The maximum atomic E-state index is 13.6. The number of benzene rings is 1. The topological polar surface area (TPSA) is 9.23 Å². The summed E-state index contributed by atoms with van der Waals surface area (Å²) in [5, 5.41) is 0.219. The Morgan fingerprint density at radius 1 is 1.22 bits per heavy atom. The molecule has 102 valence electrons. The fraction of sp³-hybridized carbons (Fsp3) is 0.538. The summed E-state index contributed by atoms with van der Waals surface area (Å²) >= 11 is 5.87. The van der Waals surface area contributed by atoms with Crippen molar-refractivity contribution in [1.82, 2.24) is 0 Å². The Bertz CT molecular complexity index is 441. The van der Waals surface area contributed by atoms with Crippen LogP contribution >= 0.6 is 11.6 Å². The van der Waals surface area contributed by atoms with Crippen LogP contribution in [0.25, 0.3) is 0 Å². The Morgan fingerprint density at radius 2 is 1.78 bits per heavy atom. The van der Waals surface area contributed by atoms with Crippen LogP contribution in [0.1, 0.15) is 26.3 Å². The van der Waals surface area contributed by atoms with Crippen molar-refractivity contribution in [2.75, 3.05) is 0 Å². The molecule has 0 radical (unpaired) electrons. The zero-order valence-electron chi connectivity index (χ0n) is 11.4. The van der Waals surface area contributed by atoms with Crippen LogP contribution in [0, 0.1) is 11.6 Å². The minimum absolute atomic E-state index is 0.0128. The first-order valence-electron chi connectivity index (χ1n) is 5.82. The molecule has 18 heavy (non-hydrogen) atoms. The van der Waals surface area contributed by atoms with Gasteiger partial charge in [-0.25, -0.2) is 8.78 Å². The molecule has 0 saturated heterocycles. The molecule has 0 aliphatic rings. The van der Waals surface area contributed by atoms with Gasteiger partial charge in [-0.05, 0) is 30.3 Å². The summed E-state index contributed by atoms with van der Waals surface area (Å²) in [5.74, 6) is -1.81. The normalized spacial score (nSPS) is 12.9. The summed E-state index contributed by atoms with van der Waals surface area (Å²) in [5.41, 5.74) is 0.0986. The van der Waals surface area contributed by atoms with Crippen LogP contribution in [0.5, 0.6) is 0 Å². The van der Waals surface area contributed by atoms with Crippen molar-refractivity contribution in [2.45, 2.75) is 45.5 Å².